The van der Waals surface area contributed by atoms with Crippen LogP contribution in [0.25, 0.3) is 0 Å². The minimum Gasteiger partial charge on any atom is -0.469 e. The molecule has 4 heteroatoms. The van der Waals surface area contributed by atoms with Gasteiger partial charge in [0.15, 0.2) is 0 Å². The molecule has 1 heterocycles. The number of methoxy groups -OCH3 is 1. The second kappa shape index (κ2) is 7.41. The van der Waals surface area contributed by atoms with E-state index in [-0.39, 0.29) is 5.97 Å². The summed E-state index contributed by atoms with van der Waals surface area (Å²) in [5, 5.41) is 0. The molecule has 1 unspecified atom stereocenters. The third kappa shape index (κ3) is 4.77. The second-order valence-corrected chi connectivity index (χ2v) is 4.01. The lowest BCUT2D eigenvalue weighted by Crippen LogP contribution is -2.34. The summed E-state index contributed by atoms with van der Waals surface area (Å²) in [5.41, 5.74) is 0. The maximum absolute atomic E-state index is 11.1. The van der Waals surface area contributed by atoms with E-state index in [1.807, 2.05) is 6.08 Å². The van der Waals surface area contributed by atoms with Gasteiger partial charge in [-0.25, -0.2) is 0 Å². The van der Waals surface area contributed by atoms with E-state index >= 15 is 0 Å². The summed E-state index contributed by atoms with van der Waals surface area (Å²) in [6.45, 7) is 6.96. The number of carbonyl (C=O) groups is 1. The predicted octanol–water partition coefficient (Wildman–Crippen LogP) is 1.22. The summed E-state index contributed by atoms with van der Waals surface area (Å²) >= 11 is 0. The molecule has 1 fully saturated rings. The zero-order valence-electron chi connectivity index (χ0n) is 9.98. The van der Waals surface area contributed by atoms with Gasteiger partial charge in [-0.15, -0.1) is 6.58 Å². The molecule has 0 bridgehead atoms. The van der Waals surface area contributed by atoms with Crippen molar-refractivity contribution in [3.63, 3.8) is 0 Å². The highest BCUT2D eigenvalue weighted by atomic mass is 16.5. The monoisotopic (exact) mass is 227 g/mol. The van der Waals surface area contributed by atoms with Crippen LogP contribution in [-0.4, -0.2) is 50.3 Å². The molecule has 0 N–H and O–H groups in total. The Hall–Kier alpha value is -0.870. The maximum atomic E-state index is 11.1. The minimum atomic E-state index is -0.165. The molecule has 0 aromatic carbocycles. The number of esters is 1. The summed E-state index contributed by atoms with van der Waals surface area (Å²) in [7, 11) is 1.42. The van der Waals surface area contributed by atoms with Crippen LogP contribution in [0.5, 0.6) is 0 Å². The molecule has 1 atom stereocenters. The van der Waals surface area contributed by atoms with Crippen molar-refractivity contribution in [2.75, 3.05) is 33.4 Å². The number of hydrogen-bond donors (Lipinski definition) is 0. The number of ether oxygens (including phenoxy) is 2. The molecular weight excluding hydrogens is 206 g/mol. The number of carbonyl (C=O) groups excluding carboxylic acids is 1. The van der Waals surface area contributed by atoms with Gasteiger partial charge in [0.05, 0.1) is 19.6 Å². The average Bonchev–Trinajstić information content (AvgIpc) is 2.78. The molecule has 16 heavy (non-hydrogen) atoms. The summed E-state index contributed by atoms with van der Waals surface area (Å²) in [5.74, 6) is -0.165. The van der Waals surface area contributed by atoms with Crippen molar-refractivity contribution < 1.29 is 14.3 Å². The van der Waals surface area contributed by atoms with Gasteiger partial charge in [0.2, 0.25) is 0 Å². The smallest absolute Gasteiger partial charge is 0.306 e. The molecule has 1 aliphatic heterocycles. The zero-order chi connectivity index (χ0) is 11.8. The molecular formula is C12H21NO3. The normalized spacial score (nSPS) is 20.0. The van der Waals surface area contributed by atoms with Crippen molar-refractivity contribution in [2.45, 2.75) is 25.4 Å². The van der Waals surface area contributed by atoms with Gasteiger partial charge < -0.3 is 9.47 Å². The molecule has 1 rings (SSSR count). The molecule has 0 aromatic heterocycles. The first kappa shape index (κ1) is 13.2. The molecule has 4 nitrogen and oxygen atoms in total. The van der Waals surface area contributed by atoms with Crippen LogP contribution >= 0.6 is 0 Å². The lowest BCUT2D eigenvalue weighted by atomic mass is 10.2. The Kier molecular flexibility index (Phi) is 6.11. The van der Waals surface area contributed by atoms with E-state index in [0.717, 1.165) is 32.5 Å². The van der Waals surface area contributed by atoms with Crippen LogP contribution in [0.3, 0.4) is 0 Å². The fraction of sp³-hybridized carbons (Fsp3) is 0.750. The topological polar surface area (TPSA) is 38.8 Å². The number of hydrogen-bond acceptors (Lipinski definition) is 4. The fourth-order valence-electron chi connectivity index (χ4n) is 1.87. The van der Waals surface area contributed by atoms with Crippen LogP contribution in [0.2, 0.25) is 0 Å². The van der Waals surface area contributed by atoms with E-state index in [0.29, 0.717) is 19.1 Å². The van der Waals surface area contributed by atoms with Crippen molar-refractivity contribution in [3.05, 3.63) is 12.7 Å². The van der Waals surface area contributed by atoms with Crippen molar-refractivity contribution >= 4 is 5.97 Å². The molecule has 0 aliphatic carbocycles. The van der Waals surface area contributed by atoms with E-state index in [1.165, 1.54) is 7.11 Å². The standard InChI is InChI=1S/C12H21NO3/c1-3-7-13(8-6-12(14)15-2)10-11-5-4-9-16-11/h3,11H,1,4-10H2,2H3. The summed E-state index contributed by atoms with van der Waals surface area (Å²) in [6, 6.07) is 0. The van der Waals surface area contributed by atoms with Crippen LogP contribution in [0.1, 0.15) is 19.3 Å². The molecule has 92 valence electrons. The Morgan fingerprint density at radius 2 is 2.50 bits per heavy atom. The maximum Gasteiger partial charge on any atom is 0.306 e. The van der Waals surface area contributed by atoms with Crippen LogP contribution in [0.15, 0.2) is 12.7 Å². The molecule has 1 aliphatic rings. The second-order valence-electron chi connectivity index (χ2n) is 4.01. The first-order chi connectivity index (χ1) is 7.76. The molecule has 0 radical (unpaired) electrons. The molecule has 0 spiro atoms. The Bertz CT molecular complexity index is 224. The number of nitrogens with zero attached hydrogens (tertiary/aromatic N) is 1. The Labute approximate surface area is 97.2 Å². The highest BCUT2D eigenvalue weighted by Gasteiger charge is 2.18. The van der Waals surface area contributed by atoms with E-state index in [2.05, 4.69) is 16.2 Å². The number of rotatable bonds is 7. The highest BCUT2D eigenvalue weighted by Crippen LogP contribution is 2.13. The van der Waals surface area contributed by atoms with Crippen LogP contribution < -0.4 is 0 Å². The van der Waals surface area contributed by atoms with E-state index < -0.39 is 0 Å². The predicted molar refractivity (Wildman–Crippen MR) is 62.2 cm³/mol. The first-order valence-corrected chi connectivity index (χ1v) is 5.78. The molecule has 1 saturated heterocycles. The molecule has 0 aromatic rings. The van der Waals surface area contributed by atoms with Gasteiger partial charge in [-0.1, -0.05) is 6.08 Å². The average molecular weight is 227 g/mol. The Morgan fingerprint density at radius 3 is 3.06 bits per heavy atom. The zero-order valence-corrected chi connectivity index (χ0v) is 9.98. The Morgan fingerprint density at radius 1 is 1.69 bits per heavy atom. The molecule has 0 saturated carbocycles. The van der Waals surface area contributed by atoms with Gasteiger partial charge in [-0.05, 0) is 12.8 Å². The quantitative estimate of drug-likeness (QED) is 0.484. The lowest BCUT2D eigenvalue weighted by Gasteiger charge is -2.23. The van der Waals surface area contributed by atoms with Crippen LogP contribution in [-0.2, 0) is 14.3 Å². The van der Waals surface area contributed by atoms with Gasteiger partial charge in [0, 0.05) is 26.2 Å². The summed E-state index contributed by atoms with van der Waals surface area (Å²) < 4.78 is 10.2. The van der Waals surface area contributed by atoms with Crippen molar-refractivity contribution in [1.29, 1.82) is 0 Å². The van der Waals surface area contributed by atoms with Gasteiger partial charge >= 0.3 is 5.97 Å². The van der Waals surface area contributed by atoms with E-state index in [9.17, 15) is 4.79 Å². The van der Waals surface area contributed by atoms with E-state index in [1.54, 1.807) is 0 Å². The Balaban J connectivity index is 2.28. The summed E-state index contributed by atoms with van der Waals surface area (Å²) in [4.78, 5) is 13.2. The van der Waals surface area contributed by atoms with Gasteiger partial charge in [-0.3, -0.25) is 9.69 Å². The SMILES string of the molecule is C=CCN(CCC(=O)OC)CC1CCCO1. The van der Waals surface area contributed by atoms with E-state index in [4.69, 9.17) is 4.74 Å². The highest BCUT2D eigenvalue weighted by molar-refractivity contribution is 5.69. The van der Waals surface area contributed by atoms with Crippen molar-refractivity contribution in [2.24, 2.45) is 0 Å². The van der Waals surface area contributed by atoms with Gasteiger partial charge in [0.1, 0.15) is 0 Å². The van der Waals surface area contributed by atoms with Gasteiger partial charge in [0.25, 0.3) is 0 Å². The third-order valence-corrected chi connectivity index (χ3v) is 2.73. The molecule has 0 amide bonds. The minimum absolute atomic E-state index is 0.165. The van der Waals surface area contributed by atoms with Crippen molar-refractivity contribution in [3.8, 4) is 0 Å². The largest absolute Gasteiger partial charge is 0.469 e. The lowest BCUT2D eigenvalue weighted by molar-refractivity contribution is -0.141. The fourth-order valence-corrected chi connectivity index (χ4v) is 1.87. The van der Waals surface area contributed by atoms with Crippen molar-refractivity contribution in [1.82, 2.24) is 4.90 Å². The van der Waals surface area contributed by atoms with Gasteiger partial charge in [-0.2, -0.15) is 0 Å². The van der Waals surface area contributed by atoms with Crippen LogP contribution in [0, 0.1) is 0 Å². The first-order valence-electron chi connectivity index (χ1n) is 5.78. The summed E-state index contributed by atoms with van der Waals surface area (Å²) in [6.07, 6.45) is 4.86. The van der Waals surface area contributed by atoms with Crippen LogP contribution in [0.4, 0.5) is 0 Å². The third-order valence-electron chi connectivity index (χ3n) is 2.73.